The van der Waals surface area contributed by atoms with Gasteiger partial charge in [-0.3, -0.25) is 4.98 Å². The van der Waals surface area contributed by atoms with E-state index < -0.39 is 0 Å². The summed E-state index contributed by atoms with van der Waals surface area (Å²) < 4.78 is 0. The van der Waals surface area contributed by atoms with Gasteiger partial charge < -0.3 is 10.3 Å². The Bertz CT molecular complexity index is 1000. The first-order chi connectivity index (χ1) is 12.3. The van der Waals surface area contributed by atoms with Gasteiger partial charge in [0.2, 0.25) is 5.95 Å². The van der Waals surface area contributed by atoms with Crippen molar-refractivity contribution in [1.29, 1.82) is 0 Å². The van der Waals surface area contributed by atoms with Crippen molar-refractivity contribution in [2.45, 2.75) is 0 Å². The zero-order valence-electron chi connectivity index (χ0n) is 13.1. The van der Waals surface area contributed by atoms with Gasteiger partial charge in [-0.15, -0.1) is 0 Å². The number of anilines is 3. The lowest BCUT2D eigenvalue weighted by atomic mass is 10.3. The maximum Gasteiger partial charge on any atom is 0.333 e. The summed E-state index contributed by atoms with van der Waals surface area (Å²) in [6.45, 7) is 0. The first-order valence-electron chi connectivity index (χ1n) is 7.67. The van der Waals surface area contributed by atoms with Crippen LogP contribution in [0.25, 0.3) is 11.0 Å². The molecule has 7 heteroatoms. The minimum atomic E-state index is -0.354. The molecule has 3 aromatic heterocycles. The molecule has 4 aromatic rings. The maximum atomic E-state index is 12.9. The van der Waals surface area contributed by atoms with Crippen molar-refractivity contribution in [3.63, 3.8) is 0 Å². The van der Waals surface area contributed by atoms with Crippen molar-refractivity contribution in [1.82, 2.24) is 19.9 Å². The maximum absolute atomic E-state index is 12.9. The molecular weight excluding hydrogens is 316 g/mol. The monoisotopic (exact) mass is 330 g/mol. The summed E-state index contributed by atoms with van der Waals surface area (Å²) in [7, 11) is 0. The number of rotatable bonds is 3. The number of benzene rings is 1. The highest BCUT2D eigenvalue weighted by Crippen LogP contribution is 2.24. The summed E-state index contributed by atoms with van der Waals surface area (Å²) in [6.07, 6.45) is 6.68. The van der Waals surface area contributed by atoms with E-state index in [0.717, 1.165) is 11.0 Å². The lowest BCUT2D eigenvalue weighted by Gasteiger charge is -2.21. The molecule has 2 amide bonds. The molecule has 0 saturated heterocycles. The Kier molecular flexibility index (Phi) is 3.80. The number of nitrogens with zero attached hydrogens (tertiary/aromatic N) is 4. The van der Waals surface area contributed by atoms with Crippen LogP contribution in [0.5, 0.6) is 0 Å². The van der Waals surface area contributed by atoms with Gasteiger partial charge >= 0.3 is 6.03 Å². The molecule has 0 spiro atoms. The summed E-state index contributed by atoms with van der Waals surface area (Å²) in [5, 5.41) is 2.84. The molecule has 0 aliphatic carbocycles. The fraction of sp³-hybridized carbons (Fsp3) is 0. The Hall–Kier alpha value is -3.74. The summed E-state index contributed by atoms with van der Waals surface area (Å²) >= 11 is 0. The second-order valence-electron chi connectivity index (χ2n) is 5.28. The number of hydrogen-bond acceptors (Lipinski definition) is 4. The van der Waals surface area contributed by atoms with Crippen LogP contribution in [0.3, 0.4) is 0 Å². The Morgan fingerprint density at radius 3 is 2.64 bits per heavy atom. The van der Waals surface area contributed by atoms with Crippen molar-refractivity contribution in [3.8, 4) is 0 Å². The van der Waals surface area contributed by atoms with Gasteiger partial charge in [-0.1, -0.05) is 18.2 Å². The lowest BCUT2D eigenvalue weighted by molar-refractivity contribution is 0.258. The predicted molar refractivity (Wildman–Crippen MR) is 95.7 cm³/mol. The van der Waals surface area contributed by atoms with E-state index in [-0.39, 0.29) is 6.03 Å². The topological polar surface area (TPSA) is 86.8 Å². The highest BCUT2D eigenvalue weighted by Gasteiger charge is 2.21. The van der Waals surface area contributed by atoms with Gasteiger partial charge in [-0.05, 0) is 30.3 Å². The predicted octanol–water partition coefficient (Wildman–Crippen LogP) is 3.72. The quantitative estimate of drug-likeness (QED) is 0.599. The highest BCUT2D eigenvalue weighted by molar-refractivity contribution is 6.06. The fourth-order valence-electron chi connectivity index (χ4n) is 2.46. The van der Waals surface area contributed by atoms with Crippen LogP contribution < -0.4 is 10.2 Å². The summed E-state index contributed by atoms with van der Waals surface area (Å²) in [5.41, 5.74) is 2.86. The van der Waals surface area contributed by atoms with E-state index in [1.54, 1.807) is 36.9 Å². The molecule has 3 heterocycles. The van der Waals surface area contributed by atoms with E-state index >= 15 is 0 Å². The van der Waals surface area contributed by atoms with Gasteiger partial charge in [0, 0.05) is 24.3 Å². The molecule has 4 rings (SSSR count). The van der Waals surface area contributed by atoms with Crippen molar-refractivity contribution < 1.29 is 4.79 Å². The van der Waals surface area contributed by atoms with Gasteiger partial charge in [0.05, 0.1) is 22.9 Å². The molecule has 2 N–H and O–H groups in total. The number of urea groups is 1. The molecular formula is C18H14N6O. The van der Waals surface area contributed by atoms with Crippen LogP contribution in [0.2, 0.25) is 0 Å². The van der Waals surface area contributed by atoms with Crippen molar-refractivity contribution in [2.24, 2.45) is 0 Å². The van der Waals surface area contributed by atoms with Gasteiger partial charge in [0.15, 0.2) is 0 Å². The van der Waals surface area contributed by atoms with Crippen molar-refractivity contribution in [2.75, 3.05) is 10.2 Å². The molecule has 0 saturated carbocycles. The molecule has 0 unspecified atom stereocenters. The molecule has 0 atom stereocenters. The number of hydrogen-bond donors (Lipinski definition) is 2. The first-order valence-corrected chi connectivity index (χ1v) is 7.67. The molecule has 0 aliphatic rings. The number of H-pyrrole nitrogens is 1. The molecule has 7 nitrogen and oxygen atoms in total. The number of amides is 2. The van der Waals surface area contributed by atoms with Crippen molar-refractivity contribution >= 4 is 34.4 Å². The molecule has 25 heavy (non-hydrogen) atoms. The second kappa shape index (κ2) is 6.40. The Morgan fingerprint density at radius 1 is 1.04 bits per heavy atom. The Labute approximate surface area is 143 Å². The molecule has 0 aliphatic heterocycles. The number of aromatic nitrogens is 4. The summed E-state index contributed by atoms with van der Waals surface area (Å²) in [6, 6.07) is 14.2. The number of carbonyl (C=O) groups excluding carboxylic acids is 1. The Morgan fingerprint density at radius 2 is 1.84 bits per heavy atom. The Balaban J connectivity index is 1.74. The number of nitrogens with one attached hydrogen (secondary N) is 2. The van der Waals surface area contributed by atoms with Crippen LogP contribution in [0, 0.1) is 0 Å². The number of fused-ring (bicyclic) bond motifs is 1. The molecule has 0 bridgehead atoms. The number of para-hydroxylation sites is 1. The third kappa shape index (κ3) is 3.02. The van der Waals surface area contributed by atoms with E-state index in [1.807, 2.05) is 36.4 Å². The van der Waals surface area contributed by atoms with E-state index in [4.69, 9.17) is 0 Å². The van der Waals surface area contributed by atoms with Crippen LogP contribution >= 0.6 is 0 Å². The third-order valence-electron chi connectivity index (χ3n) is 3.63. The van der Waals surface area contributed by atoms with Gasteiger partial charge in [-0.2, -0.15) is 0 Å². The lowest BCUT2D eigenvalue weighted by Crippen LogP contribution is -2.32. The van der Waals surface area contributed by atoms with Crippen LogP contribution in [0.4, 0.5) is 22.1 Å². The number of pyridine rings is 1. The van der Waals surface area contributed by atoms with Gasteiger partial charge in [0.1, 0.15) is 0 Å². The number of aromatic amines is 1. The van der Waals surface area contributed by atoms with Crippen LogP contribution in [-0.2, 0) is 0 Å². The van der Waals surface area contributed by atoms with E-state index in [1.165, 1.54) is 4.90 Å². The first kappa shape index (κ1) is 14.8. The molecule has 122 valence electrons. The van der Waals surface area contributed by atoms with E-state index in [9.17, 15) is 4.79 Å². The average molecular weight is 330 g/mol. The highest BCUT2D eigenvalue weighted by atomic mass is 16.2. The van der Waals surface area contributed by atoms with Crippen LogP contribution in [0.1, 0.15) is 0 Å². The molecule has 1 aromatic carbocycles. The standard InChI is InChI=1S/C18H14N6O/c25-18(22-13-6-9-19-10-7-13)24(14-4-2-1-3-5-14)17-21-12-16-15(23-17)8-11-20-16/h1-12,20H,(H,19,22,25). The van der Waals surface area contributed by atoms with Crippen molar-refractivity contribution in [3.05, 3.63) is 73.3 Å². The number of carbonyl (C=O) groups is 1. The SMILES string of the molecule is O=C(Nc1ccncc1)N(c1ccccc1)c1ncc2[nH]ccc2n1. The largest absolute Gasteiger partial charge is 0.359 e. The van der Waals surface area contributed by atoms with E-state index in [2.05, 4.69) is 25.3 Å². The second-order valence-corrected chi connectivity index (χ2v) is 5.28. The van der Waals surface area contributed by atoms with E-state index in [0.29, 0.717) is 17.3 Å². The van der Waals surface area contributed by atoms with Crippen LogP contribution in [-0.4, -0.2) is 26.0 Å². The van der Waals surface area contributed by atoms with Gasteiger partial charge in [0.25, 0.3) is 0 Å². The minimum absolute atomic E-state index is 0.296. The molecule has 0 fully saturated rings. The fourth-order valence-corrected chi connectivity index (χ4v) is 2.46. The zero-order chi connectivity index (χ0) is 17.1. The average Bonchev–Trinajstić information content (AvgIpc) is 3.11. The summed E-state index contributed by atoms with van der Waals surface area (Å²) in [5.74, 6) is 0.296. The zero-order valence-corrected chi connectivity index (χ0v) is 13.1. The summed E-state index contributed by atoms with van der Waals surface area (Å²) in [4.78, 5) is 30.1. The third-order valence-corrected chi connectivity index (χ3v) is 3.63. The van der Waals surface area contributed by atoms with Crippen LogP contribution in [0.15, 0.2) is 73.3 Å². The van der Waals surface area contributed by atoms with Gasteiger partial charge in [-0.25, -0.2) is 19.7 Å². The smallest absolute Gasteiger partial charge is 0.333 e. The molecule has 0 radical (unpaired) electrons. The minimum Gasteiger partial charge on any atom is -0.359 e. The normalized spacial score (nSPS) is 10.6.